The first-order chi connectivity index (χ1) is 7.65. The highest BCUT2D eigenvalue weighted by Crippen LogP contribution is 2.22. The van der Waals surface area contributed by atoms with Gasteiger partial charge in [0.25, 0.3) is 0 Å². The second-order valence-electron chi connectivity index (χ2n) is 4.72. The van der Waals surface area contributed by atoms with E-state index in [0.717, 1.165) is 16.1 Å². The van der Waals surface area contributed by atoms with E-state index >= 15 is 0 Å². The van der Waals surface area contributed by atoms with Crippen molar-refractivity contribution < 1.29 is 0 Å². The molecular weight excluding hydrogens is 220 g/mol. The Hall–Kier alpha value is -0.680. The van der Waals surface area contributed by atoms with E-state index < -0.39 is 0 Å². The molecule has 1 aromatic heterocycles. The van der Waals surface area contributed by atoms with Crippen LogP contribution in [0.2, 0.25) is 0 Å². The van der Waals surface area contributed by atoms with E-state index in [1.807, 2.05) is 6.92 Å². The maximum absolute atomic E-state index is 4.11. The van der Waals surface area contributed by atoms with Crippen molar-refractivity contribution in [2.75, 3.05) is 25.5 Å². The van der Waals surface area contributed by atoms with Crippen LogP contribution in [0.1, 0.15) is 24.8 Å². The van der Waals surface area contributed by atoms with Crippen molar-refractivity contribution in [2.24, 2.45) is 5.92 Å². The zero-order valence-electron chi connectivity index (χ0n) is 10.2. The average molecular weight is 240 g/mol. The molecule has 1 aliphatic heterocycles. The third-order valence-electron chi connectivity index (χ3n) is 3.25. The standard InChI is InChI=1S/C11H20N4S/c1-8(10-5-4-6-15(3)7-10)12-11-14-13-9(2)16-11/h8,10H,4-7H2,1-3H3,(H,12,14). The van der Waals surface area contributed by atoms with Gasteiger partial charge >= 0.3 is 0 Å². The Balaban J connectivity index is 1.89. The normalized spacial score (nSPS) is 24.3. The van der Waals surface area contributed by atoms with Gasteiger partial charge in [-0.1, -0.05) is 11.3 Å². The van der Waals surface area contributed by atoms with Gasteiger partial charge in [0.2, 0.25) is 5.13 Å². The molecule has 90 valence electrons. The van der Waals surface area contributed by atoms with Crippen molar-refractivity contribution in [2.45, 2.75) is 32.7 Å². The maximum Gasteiger partial charge on any atom is 0.205 e. The summed E-state index contributed by atoms with van der Waals surface area (Å²) in [5.41, 5.74) is 0. The number of aryl methyl sites for hydroxylation is 1. The minimum Gasteiger partial charge on any atom is -0.357 e. The van der Waals surface area contributed by atoms with Crippen molar-refractivity contribution in [3.63, 3.8) is 0 Å². The van der Waals surface area contributed by atoms with Gasteiger partial charge in [0.1, 0.15) is 5.01 Å². The molecule has 1 fully saturated rings. The molecule has 1 aromatic rings. The number of hydrogen-bond acceptors (Lipinski definition) is 5. The van der Waals surface area contributed by atoms with Gasteiger partial charge in [-0.05, 0) is 46.2 Å². The molecule has 2 atom stereocenters. The molecule has 1 aliphatic rings. The third kappa shape index (κ3) is 2.92. The summed E-state index contributed by atoms with van der Waals surface area (Å²) in [6.07, 6.45) is 2.62. The topological polar surface area (TPSA) is 41.1 Å². The van der Waals surface area contributed by atoms with Gasteiger partial charge in [-0.25, -0.2) is 0 Å². The molecular formula is C11H20N4S. The van der Waals surface area contributed by atoms with Gasteiger partial charge in [0.15, 0.2) is 0 Å². The molecule has 2 heterocycles. The summed E-state index contributed by atoms with van der Waals surface area (Å²) in [5, 5.41) is 13.6. The zero-order chi connectivity index (χ0) is 11.5. The fraction of sp³-hybridized carbons (Fsp3) is 0.818. The Kier molecular flexibility index (Phi) is 3.76. The number of rotatable bonds is 3. The number of hydrogen-bond donors (Lipinski definition) is 1. The number of piperidine rings is 1. The van der Waals surface area contributed by atoms with Gasteiger partial charge in [0.05, 0.1) is 0 Å². The van der Waals surface area contributed by atoms with Crippen molar-refractivity contribution in [3.05, 3.63) is 5.01 Å². The first-order valence-corrected chi connectivity index (χ1v) is 6.72. The van der Waals surface area contributed by atoms with E-state index in [9.17, 15) is 0 Å². The Morgan fingerprint density at radius 1 is 1.50 bits per heavy atom. The number of aromatic nitrogens is 2. The van der Waals surface area contributed by atoms with Crippen LogP contribution in [0.5, 0.6) is 0 Å². The zero-order valence-corrected chi connectivity index (χ0v) is 11.0. The minimum atomic E-state index is 0.482. The SMILES string of the molecule is Cc1nnc(NC(C)C2CCCN(C)C2)s1. The predicted molar refractivity (Wildman–Crippen MR) is 68.0 cm³/mol. The van der Waals surface area contributed by atoms with Gasteiger partial charge in [-0.2, -0.15) is 0 Å². The second kappa shape index (κ2) is 5.10. The summed E-state index contributed by atoms with van der Waals surface area (Å²) in [6.45, 7) is 6.66. The molecule has 16 heavy (non-hydrogen) atoms. The molecule has 2 rings (SSSR count). The van der Waals surface area contributed by atoms with Gasteiger partial charge < -0.3 is 10.2 Å². The lowest BCUT2D eigenvalue weighted by molar-refractivity contribution is 0.197. The monoisotopic (exact) mass is 240 g/mol. The van der Waals surface area contributed by atoms with Crippen molar-refractivity contribution in [1.29, 1.82) is 0 Å². The lowest BCUT2D eigenvalue weighted by Gasteiger charge is -2.33. The summed E-state index contributed by atoms with van der Waals surface area (Å²) < 4.78 is 0. The predicted octanol–water partition coefficient (Wildman–Crippen LogP) is 1.99. The van der Waals surface area contributed by atoms with E-state index in [-0.39, 0.29) is 0 Å². The van der Waals surface area contributed by atoms with Crippen LogP contribution in [-0.4, -0.2) is 41.3 Å². The van der Waals surface area contributed by atoms with Gasteiger partial charge in [-0.3, -0.25) is 0 Å². The number of likely N-dealkylation sites (tertiary alicyclic amines) is 1. The van der Waals surface area contributed by atoms with Crippen LogP contribution in [0.15, 0.2) is 0 Å². The molecule has 0 aliphatic carbocycles. The van der Waals surface area contributed by atoms with Crippen LogP contribution in [0.4, 0.5) is 5.13 Å². The van der Waals surface area contributed by atoms with Crippen LogP contribution < -0.4 is 5.32 Å². The fourth-order valence-electron chi connectivity index (χ4n) is 2.28. The quantitative estimate of drug-likeness (QED) is 0.877. The molecule has 0 aromatic carbocycles. The lowest BCUT2D eigenvalue weighted by atomic mass is 9.92. The molecule has 1 N–H and O–H groups in total. The highest BCUT2D eigenvalue weighted by Gasteiger charge is 2.23. The van der Waals surface area contributed by atoms with Crippen LogP contribution in [0.25, 0.3) is 0 Å². The number of anilines is 1. The minimum absolute atomic E-state index is 0.482. The average Bonchev–Trinajstić information content (AvgIpc) is 2.64. The van der Waals surface area contributed by atoms with E-state index in [0.29, 0.717) is 6.04 Å². The van der Waals surface area contributed by atoms with Crippen molar-refractivity contribution in [3.8, 4) is 0 Å². The van der Waals surface area contributed by atoms with Crippen LogP contribution in [0.3, 0.4) is 0 Å². The highest BCUT2D eigenvalue weighted by molar-refractivity contribution is 7.15. The van der Waals surface area contributed by atoms with Crippen LogP contribution >= 0.6 is 11.3 Å². The van der Waals surface area contributed by atoms with Crippen LogP contribution in [0, 0.1) is 12.8 Å². The summed E-state index contributed by atoms with van der Waals surface area (Å²) in [4.78, 5) is 2.41. The first kappa shape index (κ1) is 11.8. The molecule has 0 bridgehead atoms. The number of nitrogens with one attached hydrogen (secondary N) is 1. The maximum atomic E-state index is 4.11. The van der Waals surface area contributed by atoms with E-state index in [2.05, 4.69) is 34.4 Å². The summed E-state index contributed by atoms with van der Waals surface area (Å²) in [5.74, 6) is 0.725. The Morgan fingerprint density at radius 3 is 2.94 bits per heavy atom. The molecule has 0 saturated carbocycles. The van der Waals surface area contributed by atoms with Gasteiger partial charge in [-0.15, -0.1) is 10.2 Å². The molecule has 1 saturated heterocycles. The molecule has 2 unspecified atom stereocenters. The van der Waals surface area contributed by atoms with Gasteiger partial charge in [0, 0.05) is 12.6 Å². The second-order valence-corrected chi connectivity index (χ2v) is 5.91. The van der Waals surface area contributed by atoms with E-state index in [1.165, 1.54) is 25.9 Å². The highest BCUT2D eigenvalue weighted by atomic mass is 32.1. The van der Waals surface area contributed by atoms with E-state index in [1.54, 1.807) is 11.3 Å². The largest absolute Gasteiger partial charge is 0.357 e. The molecule has 0 radical (unpaired) electrons. The molecule has 4 nitrogen and oxygen atoms in total. The molecule has 0 amide bonds. The number of nitrogens with zero attached hydrogens (tertiary/aromatic N) is 3. The molecule has 5 heteroatoms. The fourth-order valence-corrected chi connectivity index (χ4v) is 2.97. The van der Waals surface area contributed by atoms with Crippen molar-refractivity contribution >= 4 is 16.5 Å². The summed E-state index contributed by atoms with van der Waals surface area (Å²) in [7, 11) is 2.20. The third-order valence-corrected chi connectivity index (χ3v) is 4.02. The van der Waals surface area contributed by atoms with Crippen LogP contribution in [-0.2, 0) is 0 Å². The molecule has 0 spiro atoms. The Labute approximate surface area is 101 Å². The van der Waals surface area contributed by atoms with Crippen molar-refractivity contribution in [1.82, 2.24) is 15.1 Å². The summed E-state index contributed by atoms with van der Waals surface area (Å²) in [6, 6.07) is 0.482. The summed E-state index contributed by atoms with van der Waals surface area (Å²) >= 11 is 1.63. The Bertz CT molecular complexity index is 338. The first-order valence-electron chi connectivity index (χ1n) is 5.90. The lowest BCUT2D eigenvalue weighted by Crippen LogP contribution is -2.39. The van der Waals surface area contributed by atoms with E-state index in [4.69, 9.17) is 0 Å². The Morgan fingerprint density at radius 2 is 2.31 bits per heavy atom. The smallest absolute Gasteiger partial charge is 0.205 e.